The van der Waals surface area contributed by atoms with Gasteiger partial charge in [0.1, 0.15) is 6.61 Å². The first-order valence-electron chi connectivity index (χ1n) is 11.7. The third-order valence-electron chi connectivity index (χ3n) is 6.82. The molecule has 35 heavy (non-hydrogen) atoms. The van der Waals surface area contributed by atoms with Crippen LogP contribution in [0.15, 0.2) is 29.4 Å². The molecule has 1 fully saturated rings. The number of carbonyl (C=O) groups excluding carboxylic acids is 3. The Bertz CT molecular complexity index is 1040. The molecule has 1 aliphatic rings. The van der Waals surface area contributed by atoms with Gasteiger partial charge in [0.05, 0.1) is 18.1 Å². The van der Waals surface area contributed by atoms with E-state index in [0.29, 0.717) is 11.3 Å². The van der Waals surface area contributed by atoms with Crippen molar-refractivity contribution in [2.24, 2.45) is 17.0 Å². The van der Waals surface area contributed by atoms with Crippen LogP contribution in [-0.4, -0.2) is 48.6 Å². The Hall–Kier alpha value is -3.30. The van der Waals surface area contributed by atoms with Crippen LogP contribution in [0, 0.1) is 11.8 Å². The van der Waals surface area contributed by atoms with E-state index in [0.717, 1.165) is 18.1 Å². The lowest BCUT2D eigenvalue weighted by Crippen LogP contribution is -2.67. The summed E-state index contributed by atoms with van der Waals surface area (Å²) in [6, 6.07) is 8.52. The topological polar surface area (TPSA) is 167 Å². The van der Waals surface area contributed by atoms with Crippen molar-refractivity contribution in [3.05, 3.63) is 45.8 Å². The number of hydrogen-bond donors (Lipinski definition) is 1. The number of β-lactam (4-membered cyclic amide) rings is 1. The van der Waals surface area contributed by atoms with E-state index in [-0.39, 0.29) is 18.6 Å². The Labute approximate surface area is 205 Å². The van der Waals surface area contributed by atoms with Crippen molar-refractivity contribution in [3.63, 3.8) is 0 Å². The second-order valence-electron chi connectivity index (χ2n) is 8.66. The van der Waals surface area contributed by atoms with E-state index in [4.69, 9.17) is 14.7 Å². The van der Waals surface area contributed by atoms with Crippen LogP contribution in [-0.2, 0) is 30.2 Å². The molecule has 188 valence electrons. The number of benzene rings is 1. The highest BCUT2D eigenvalue weighted by Crippen LogP contribution is 2.32. The number of amides is 1. The van der Waals surface area contributed by atoms with Crippen molar-refractivity contribution < 1.29 is 28.3 Å². The van der Waals surface area contributed by atoms with Gasteiger partial charge in [0.15, 0.2) is 8.32 Å². The molecule has 1 saturated heterocycles. The predicted molar refractivity (Wildman–Crippen MR) is 131 cm³/mol. The van der Waals surface area contributed by atoms with Crippen molar-refractivity contribution in [2.75, 3.05) is 0 Å². The molecule has 1 N–H and O–H groups in total. The van der Waals surface area contributed by atoms with Gasteiger partial charge in [-0.25, -0.2) is 4.79 Å². The second kappa shape index (κ2) is 12.4. The average Bonchev–Trinajstić information content (AvgIpc) is 2.85. The number of Topliss-reactive ketones (excluding diaryl/α,β-unsaturated/α-hetero) is 1. The van der Waals surface area contributed by atoms with Gasteiger partial charge in [0, 0.05) is 16.5 Å². The molecule has 0 radical (unpaired) electrons. The molecule has 4 atom stereocenters. The maximum atomic E-state index is 13.0. The van der Waals surface area contributed by atoms with Crippen LogP contribution >= 0.6 is 0 Å². The number of carbonyl (C=O) groups is 3. The van der Waals surface area contributed by atoms with Crippen LogP contribution in [0.2, 0.25) is 18.1 Å². The normalized spacial score (nSPS) is 18.7. The first-order valence-corrected chi connectivity index (χ1v) is 14.2. The summed E-state index contributed by atoms with van der Waals surface area (Å²) in [6.45, 7) is 9.53. The van der Waals surface area contributed by atoms with Crippen molar-refractivity contribution in [1.29, 1.82) is 0 Å². The summed E-state index contributed by atoms with van der Waals surface area (Å²) in [5.74, 6) is -3.39. The van der Waals surface area contributed by atoms with Crippen molar-refractivity contribution >= 4 is 37.4 Å². The monoisotopic (exact) mass is 500 g/mol. The molecule has 2 rings (SSSR count). The van der Waals surface area contributed by atoms with E-state index in [2.05, 4.69) is 40.9 Å². The predicted octanol–water partition coefficient (Wildman–Crippen LogP) is 4.07. The van der Waals surface area contributed by atoms with Crippen LogP contribution in [0.3, 0.4) is 0 Å². The Kier molecular flexibility index (Phi) is 9.91. The maximum Gasteiger partial charge on any atom is 0.441 e. The third-order valence-corrected chi connectivity index (χ3v) is 11.6. The molecule has 0 aromatic heterocycles. The lowest BCUT2D eigenvalue weighted by Gasteiger charge is -2.45. The van der Waals surface area contributed by atoms with E-state index < -0.39 is 43.7 Å². The SMILES string of the molecule is CC[Si](CC)(CC)O[C@H](C)[C@H]1C(=O)N[C@@H]1[C@@H](C)C(=O)C(=[N+]=[N-])C(=O)OCc1ccc(N=[N+]=[N-])cc1. The number of hydrogen-bond acceptors (Lipinski definition) is 6. The molecule has 0 aliphatic carbocycles. The molecule has 1 heterocycles. The molecule has 1 aromatic carbocycles. The number of ketones is 1. The Morgan fingerprint density at radius 1 is 1.11 bits per heavy atom. The van der Waals surface area contributed by atoms with Gasteiger partial charge in [0.2, 0.25) is 5.91 Å². The minimum Gasteiger partial charge on any atom is -0.452 e. The van der Waals surface area contributed by atoms with Gasteiger partial charge in [-0.2, -0.15) is 4.79 Å². The number of ether oxygens (including phenoxy) is 1. The van der Waals surface area contributed by atoms with Crippen LogP contribution in [0.25, 0.3) is 16.0 Å². The van der Waals surface area contributed by atoms with E-state index in [1.54, 1.807) is 31.2 Å². The molecule has 1 amide bonds. The number of nitrogens with one attached hydrogen (secondary N) is 1. The molecular weight excluding hydrogens is 468 g/mol. The molecule has 12 heteroatoms. The van der Waals surface area contributed by atoms with Crippen LogP contribution in [0.4, 0.5) is 5.69 Å². The van der Waals surface area contributed by atoms with Gasteiger partial charge >= 0.3 is 11.7 Å². The fourth-order valence-corrected chi connectivity index (χ4v) is 7.26. The van der Waals surface area contributed by atoms with Crippen molar-refractivity contribution in [2.45, 2.75) is 71.5 Å². The fourth-order valence-electron chi connectivity index (χ4n) is 4.32. The summed E-state index contributed by atoms with van der Waals surface area (Å²) in [5.41, 5.74) is 18.1. The van der Waals surface area contributed by atoms with Gasteiger partial charge in [-0.1, -0.05) is 57.1 Å². The standard InChI is InChI=1S/C23H32N6O5Si/c1-6-35(7-2,8-3)34-15(5)18-19(26-22(18)31)14(4)21(30)20(27-24)23(32)33-13-16-9-11-17(12-10-16)28-29-25/h9-12,14-15,18-19H,6-8,13H2,1-5H3,(H,26,31)/t14-,15-,18-,19-/m1/s1. The van der Waals surface area contributed by atoms with Crippen LogP contribution < -0.4 is 5.32 Å². The number of nitrogens with zero attached hydrogens (tertiary/aromatic N) is 5. The third kappa shape index (κ3) is 6.43. The van der Waals surface area contributed by atoms with E-state index in [1.165, 1.54) is 0 Å². The lowest BCUT2D eigenvalue weighted by atomic mass is 9.76. The average molecular weight is 501 g/mol. The highest BCUT2D eigenvalue weighted by Gasteiger charge is 2.51. The van der Waals surface area contributed by atoms with Gasteiger partial charge in [0.25, 0.3) is 5.78 Å². The Morgan fingerprint density at radius 2 is 1.71 bits per heavy atom. The van der Waals surface area contributed by atoms with Crippen molar-refractivity contribution in [3.8, 4) is 0 Å². The molecule has 0 bridgehead atoms. The van der Waals surface area contributed by atoms with Gasteiger partial charge in [-0.3, -0.25) is 9.59 Å². The number of rotatable bonds is 13. The number of azide groups is 1. The fraction of sp³-hybridized carbons (Fsp3) is 0.565. The summed E-state index contributed by atoms with van der Waals surface area (Å²) in [7, 11) is -1.97. The lowest BCUT2D eigenvalue weighted by molar-refractivity contribution is -0.146. The highest BCUT2D eigenvalue weighted by molar-refractivity contribution is 6.73. The van der Waals surface area contributed by atoms with Gasteiger partial charge < -0.3 is 20.0 Å². The van der Waals surface area contributed by atoms with E-state index >= 15 is 0 Å². The summed E-state index contributed by atoms with van der Waals surface area (Å²) in [5, 5.41) is 6.19. The smallest absolute Gasteiger partial charge is 0.441 e. The molecule has 1 aliphatic heterocycles. The summed E-state index contributed by atoms with van der Waals surface area (Å²) < 4.78 is 11.6. The largest absolute Gasteiger partial charge is 0.452 e. The Morgan fingerprint density at radius 3 is 2.20 bits per heavy atom. The molecule has 0 unspecified atom stereocenters. The summed E-state index contributed by atoms with van der Waals surface area (Å²) in [6.07, 6.45) is -0.384. The molecule has 0 saturated carbocycles. The van der Waals surface area contributed by atoms with Gasteiger partial charge in [-0.15, -0.1) is 0 Å². The van der Waals surface area contributed by atoms with E-state index in [1.807, 2.05) is 6.92 Å². The molecule has 0 spiro atoms. The summed E-state index contributed by atoms with van der Waals surface area (Å²) in [4.78, 5) is 43.4. The van der Waals surface area contributed by atoms with E-state index in [9.17, 15) is 19.9 Å². The maximum absolute atomic E-state index is 13.0. The molecule has 1 aromatic rings. The van der Waals surface area contributed by atoms with Crippen LogP contribution in [0.1, 0.15) is 40.2 Å². The quantitative estimate of drug-likeness (QED) is 0.0628. The first kappa shape index (κ1) is 27.9. The second-order valence-corrected chi connectivity index (χ2v) is 13.4. The highest BCUT2D eigenvalue weighted by atomic mass is 28.4. The van der Waals surface area contributed by atoms with Crippen molar-refractivity contribution in [1.82, 2.24) is 5.32 Å². The summed E-state index contributed by atoms with van der Waals surface area (Å²) >= 11 is 0. The zero-order valence-corrected chi connectivity index (χ0v) is 21.7. The zero-order valence-electron chi connectivity index (χ0n) is 20.7. The molecular formula is C23H32N6O5Si. The minimum absolute atomic E-state index is 0.179. The zero-order chi connectivity index (χ0) is 26.2. The minimum atomic E-state index is -1.97. The molecule has 11 nitrogen and oxygen atoms in total. The first-order chi connectivity index (χ1) is 16.7. The number of esters is 1. The van der Waals surface area contributed by atoms with Crippen LogP contribution in [0.5, 0.6) is 0 Å². The van der Waals surface area contributed by atoms with Gasteiger partial charge in [-0.05, 0) is 36.2 Å². The Balaban J connectivity index is 2.05.